The van der Waals surface area contributed by atoms with Crippen LogP contribution in [0.2, 0.25) is 5.02 Å². The minimum absolute atomic E-state index is 0.159. The molecule has 2 fully saturated rings. The minimum Gasteiger partial charge on any atom is -0.351 e. The fourth-order valence-corrected chi connectivity index (χ4v) is 2.71. The van der Waals surface area contributed by atoms with Crippen LogP contribution in [0.15, 0.2) is 18.2 Å². The van der Waals surface area contributed by atoms with Crippen molar-refractivity contribution in [2.45, 2.75) is 25.4 Å². The SMILES string of the molecule is O=C1CN(c2c(Cl)cccc2CNC2CC2)CC(=O)N1. The van der Waals surface area contributed by atoms with Gasteiger partial charge in [-0.3, -0.25) is 14.9 Å². The summed E-state index contributed by atoms with van der Waals surface area (Å²) in [4.78, 5) is 24.8. The monoisotopic (exact) mass is 293 g/mol. The molecule has 0 radical (unpaired) electrons. The molecule has 5 nitrogen and oxygen atoms in total. The average molecular weight is 294 g/mol. The van der Waals surface area contributed by atoms with Gasteiger partial charge in [-0.05, 0) is 24.5 Å². The molecular formula is C14H16ClN3O2. The summed E-state index contributed by atoms with van der Waals surface area (Å²) in [7, 11) is 0. The highest BCUT2D eigenvalue weighted by atomic mass is 35.5. The summed E-state index contributed by atoms with van der Waals surface area (Å²) >= 11 is 6.28. The summed E-state index contributed by atoms with van der Waals surface area (Å²) in [6.07, 6.45) is 2.42. The van der Waals surface area contributed by atoms with Crippen LogP contribution >= 0.6 is 11.6 Å². The Labute approximate surface area is 122 Å². The smallest absolute Gasteiger partial charge is 0.246 e. The number of benzene rings is 1. The largest absolute Gasteiger partial charge is 0.351 e. The lowest BCUT2D eigenvalue weighted by Gasteiger charge is -2.30. The minimum atomic E-state index is -0.290. The van der Waals surface area contributed by atoms with Crippen LogP contribution < -0.4 is 15.5 Å². The van der Waals surface area contributed by atoms with Gasteiger partial charge in [0.2, 0.25) is 11.8 Å². The predicted molar refractivity (Wildman–Crippen MR) is 76.7 cm³/mol. The number of anilines is 1. The molecule has 6 heteroatoms. The molecule has 1 aliphatic heterocycles. The van der Waals surface area contributed by atoms with Gasteiger partial charge in [-0.2, -0.15) is 0 Å². The first-order chi connectivity index (χ1) is 9.63. The second-order valence-corrected chi connectivity index (χ2v) is 5.64. The Bertz CT molecular complexity index is 541. The second kappa shape index (κ2) is 5.42. The van der Waals surface area contributed by atoms with Crippen LogP contribution in [0.4, 0.5) is 5.69 Å². The van der Waals surface area contributed by atoms with E-state index in [1.54, 1.807) is 11.0 Å². The number of para-hydroxylation sites is 1. The number of nitrogens with one attached hydrogen (secondary N) is 2. The lowest BCUT2D eigenvalue weighted by atomic mass is 10.1. The normalized spacial score (nSPS) is 19.1. The Hall–Kier alpha value is -1.59. The van der Waals surface area contributed by atoms with E-state index < -0.39 is 0 Å². The van der Waals surface area contributed by atoms with E-state index in [1.165, 1.54) is 12.8 Å². The quantitative estimate of drug-likeness (QED) is 0.815. The van der Waals surface area contributed by atoms with Crippen LogP contribution in [0.5, 0.6) is 0 Å². The highest BCUT2D eigenvalue weighted by molar-refractivity contribution is 6.33. The molecule has 1 aromatic carbocycles. The zero-order valence-corrected chi connectivity index (χ0v) is 11.7. The number of hydrogen-bond donors (Lipinski definition) is 2. The summed E-state index contributed by atoms with van der Waals surface area (Å²) in [6, 6.07) is 6.25. The Morgan fingerprint density at radius 3 is 2.60 bits per heavy atom. The van der Waals surface area contributed by atoms with Gasteiger partial charge in [-0.1, -0.05) is 23.7 Å². The average Bonchev–Trinajstić information content (AvgIpc) is 3.19. The van der Waals surface area contributed by atoms with E-state index in [1.807, 2.05) is 12.1 Å². The highest BCUT2D eigenvalue weighted by Gasteiger charge is 2.26. The van der Waals surface area contributed by atoms with E-state index in [-0.39, 0.29) is 24.9 Å². The standard InChI is InChI=1S/C14H16ClN3O2/c15-11-3-1-2-9(6-16-10-4-5-10)14(11)18-7-12(19)17-13(20)8-18/h1-3,10,16H,4-8H2,(H,17,19,20). The number of carbonyl (C=O) groups is 2. The number of piperazine rings is 1. The molecule has 2 N–H and O–H groups in total. The van der Waals surface area contributed by atoms with Gasteiger partial charge in [-0.15, -0.1) is 0 Å². The van der Waals surface area contributed by atoms with E-state index in [0.717, 1.165) is 11.3 Å². The Kier molecular flexibility index (Phi) is 3.63. The molecule has 1 aliphatic carbocycles. The summed E-state index contributed by atoms with van der Waals surface area (Å²) in [5.74, 6) is -0.579. The van der Waals surface area contributed by atoms with Gasteiger partial charge in [0, 0.05) is 12.6 Å². The number of hydrogen-bond acceptors (Lipinski definition) is 4. The molecule has 0 atom stereocenters. The van der Waals surface area contributed by atoms with Crippen molar-refractivity contribution < 1.29 is 9.59 Å². The summed E-state index contributed by atoms with van der Waals surface area (Å²) < 4.78 is 0. The van der Waals surface area contributed by atoms with Crippen LogP contribution in [0, 0.1) is 0 Å². The number of imide groups is 1. The van der Waals surface area contributed by atoms with Crippen molar-refractivity contribution in [1.29, 1.82) is 0 Å². The molecule has 2 aliphatic rings. The van der Waals surface area contributed by atoms with Crippen molar-refractivity contribution in [1.82, 2.24) is 10.6 Å². The molecule has 1 saturated heterocycles. The van der Waals surface area contributed by atoms with Crippen molar-refractivity contribution >= 4 is 29.1 Å². The first-order valence-corrected chi connectivity index (χ1v) is 7.09. The van der Waals surface area contributed by atoms with Crippen LogP contribution in [0.25, 0.3) is 0 Å². The molecule has 106 valence electrons. The van der Waals surface area contributed by atoms with Gasteiger partial charge in [0.1, 0.15) is 0 Å². The van der Waals surface area contributed by atoms with Crippen molar-refractivity contribution in [2.75, 3.05) is 18.0 Å². The third-order valence-electron chi connectivity index (χ3n) is 3.49. The number of rotatable bonds is 4. The number of nitrogens with zero attached hydrogens (tertiary/aromatic N) is 1. The van der Waals surface area contributed by atoms with Crippen molar-refractivity contribution in [3.63, 3.8) is 0 Å². The van der Waals surface area contributed by atoms with Crippen molar-refractivity contribution in [3.8, 4) is 0 Å². The van der Waals surface area contributed by atoms with Gasteiger partial charge in [0.25, 0.3) is 0 Å². The molecule has 0 bridgehead atoms. The number of amides is 2. The molecule has 0 spiro atoms. The van der Waals surface area contributed by atoms with Crippen LogP contribution in [0.3, 0.4) is 0 Å². The topological polar surface area (TPSA) is 61.4 Å². The van der Waals surface area contributed by atoms with Gasteiger partial charge in [-0.25, -0.2) is 0 Å². The lowest BCUT2D eigenvalue weighted by Crippen LogP contribution is -2.51. The molecule has 0 unspecified atom stereocenters. The Morgan fingerprint density at radius 1 is 1.25 bits per heavy atom. The Balaban J connectivity index is 1.85. The van der Waals surface area contributed by atoms with Crippen molar-refractivity contribution in [2.24, 2.45) is 0 Å². The molecule has 3 rings (SSSR count). The zero-order valence-electron chi connectivity index (χ0n) is 11.0. The van der Waals surface area contributed by atoms with E-state index in [0.29, 0.717) is 17.6 Å². The highest BCUT2D eigenvalue weighted by Crippen LogP contribution is 2.31. The van der Waals surface area contributed by atoms with E-state index in [2.05, 4.69) is 10.6 Å². The van der Waals surface area contributed by atoms with Crippen molar-refractivity contribution in [3.05, 3.63) is 28.8 Å². The maximum absolute atomic E-state index is 11.5. The Morgan fingerprint density at radius 2 is 1.95 bits per heavy atom. The second-order valence-electron chi connectivity index (χ2n) is 5.23. The summed E-state index contributed by atoms with van der Waals surface area (Å²) in [6.45, 7) is 1.02. The van der Waals surface area contributed by atoms with E-state index in [9.17, 15) is 9.59 Å². The van der Waals surface area contributed by atoms with Gasteiger partial charge < -0.3 is 10.2 Å². The van der Waals surface area contributed by atoms with E-state index >= 15 is 0 Å². The zero-order chi connectivity index (χ0) is 14.1. The fourth-order valence-electron chi connectivity index (χ4n) is 2.39. The van der Waals surface area contributed by atoms with Gasteiger partial charge in [0.15, 0.2) is 0 Å². The van der Waals surface area contributed by atoms with Crippen LogP contribution in [-0.2, 0) is 16.1 Å². The summed E-state index contributed by atoms with van der Waals surface area (Å²) in [5.41, 5.74) is 1.80. The van der Waals surface area contributed by atoms with Crippen LogP contribution in [-0.4, -0.2) is 30.9 Å². The maximum Gasteiger partial charge on any atom is 0.246 e. The van der Waals surface area contributed by atoms with Gasteiger partial charge >= 0.3 is 0 Å². The molecule has 2 amide bonds. The molecular weight excluding hydrogens is 278 g/mol. The predicted octanol–water partition coefficient (Wildman–Crippen LogP) is 1.05. The summed E-state index contributed by atoms with van der Waals surface area (Å²) in [5, 5.41) is 6.30. The first-order valence-electron chi connectivity index (χ1n) is 6.72. The number of carbonyl (C=O) groups excluding carboxylic acids is 2. The molecule has 1 saturated carbocycles. The molecule has 0 aromatic heterocycles. The van der Waals surface area contributed by atoms with Crippen LogP contribution in [0.1, 0.15) is 18.4 Å². The molecule has 1 aromatic rings. The lowest BCUT2D eigenvalue weighted by molar-refractivity contribution is -0.130. The third-order valence-corrected chi connectivity index (χ3v) is 3.80. The fraction of sp³-hybridized carbons (Fsp3) is 0.429. The molecule has 20 heavy (non-hydrogen) atoms. The van der Waals surface area contributed by atoms with E-state index in [4.69, 9.17) is 11.6 Å². The number of halogens is 1. The maximum atomic E-state index is 11.5. The molecule has 1 heterocycles. The first kappa shape index (κ1) is 13.4. The third kappa shape index (κ3) is 2.94. The van der Waals surface area contributed by atoms with Gasteiger partial charge in [0.05, 0.1) is 23.8 Å².